The molecule has 0 N–H and O–H groups in total. The molecule has 5 nitrogen and oxygen atoms in total. The number of aryl methyl sites for hydroxylation is 1. The summed E-state index contributed by atoms with van der Waals surface area (Å²) < 4.78 is 49.1. The van der Waals surface area contributed by atoms with E-state index in [0.29, 0.717) is 37.1 Å². The Morgan fingerprint density at radius 1 is 1.00 bits per heavy atom. The fraction of sp³-hybridized carbons (Fsp3) is 0.241. The Morgan fingerprint density at radius 3 is 2.38 bits per heavy atom. The number of rotatable bonds is 7. The van der Waals surface area contributed by atoms with Crippen LogP contribution in [0.1, 0.15) is 36.9 Å². The molecule has 37 heavy (non-hydrogen) atoms. The maximum atomic E-state index is 14.2. The summed E-state index contributed by atoms with van der Waals surface area (Å²) in [5, 5.41) is 0. The average Bonchev–Trinajstić information content (AvgIpc) is 3.42. The first-order valence-electron chi connectivity index (χ1n) is 12.1. The summed E-state index contributed by atoms with van der Waals surface area (Å²) in [7, 11) is 0. The minimum Gasteiger partial charge on any atom is -0.438 e. The summed E-state index contributed by atoms with van der Waals surface area (Å²) in [6, 6.07) is 16.5. The van der Waals surface area contributed by atoms with Gasteiger partial charge in [-0.2, -0.15) is 0 Å². The number of amides is 1. The van der Waals surface area contributed by atoms with Crippen molar-refractivity contribution in [3.05, 3.63) is 114 Å². The maximum Gasteiger partial charge on any atom is 0.411 e. The molecule has 0 bridgehead atoms. The lowest BCUT2D eigenvalue weighted by atomic mass is 9.85. The van der Waals surface area contributed by atoms with Crippen molar-refractivity contribution >= 4 is 6.09 Å². The first-order chi connectivity index (χ1) is 17.8. The number of hydrogen-bond donors (Lipinski definition) is 0. The topological polar surface area (TPSA) is 47.4 Å². The monoisotopic (exact) mass is 505 g/mol. The molecule has 0 saturated carbocycles. The van der Waals surface area contributed by atoms with Gasteiger partial charge in [0.1, 0.15) is 23.1 Å². The molecule has 3 aromatic carbocycles. The van der Waals surface area contributed by atoms with Crippen molar-refractivity contribution in [3.8, 4) is 11.1 Å². The fourth-order valence-corrected chi connectivity index (χ4v) is 4.87. The third-order valence-electron chi connectivity index (χ3n) is 7.08. The van der Waals surface area contributed by atoms with E-state index in [2.05, 4.69) is 4.98 Å². The van der Waals surface area contributed by atoms with Gasteiger partial charge < -0.3 is 14.2 Å². The van der Waals surface area contributed by atoms with Crippen LogP contribution >= 0.6 is 0 Å². The van der Waals surface area contributed by atoms with Crippen molar-refractivity contribution in [2.24, 2.45) is 0 Å². The van der Waals surface area contributed by atoms with E-state index in [4.69, 9.17) is 4.74 Å². The molecule has 8 heteroatoms. The second-order valence-electron chi connectivity index (χ2n) is 9.29. The van der Waals surface area contributed by atoms with Crippen molar-refractivity contribution in [2.45, 2.75) is 38.0 Å². The Kier molecular flexibility index (Phi) is 6.74. The van der Waals surface area contributed by atoms with E-state index in [1.54, 1.807) is 41.7 Å². The first-order valence-corrected chi connectivity index (χ1v) is 12.1. The molecule has 1 fully saturated rings. The van der Waals surface area contributed by atoms with Crippen molar-refractivity contribution < 1.29 is 22.7 Å². The van der Waals surface area contributed by atoms with Gasteiger partial charge in [0.2, 0.25) is 0 Å². The predicted octanol–water partition coefficient (Wildman–Crippen LogP) is 6.86. The van der Waals surface area contributed by atoms with Crippen LogP contribution in [0.15, 0.2) is 85.5 Å². The normalized spacial score (nSPS) is 18.5. The van der Waals surface area contributed by atoms with Gasteiger partial charge in [0, 0.05) is 50.0 Å². The van der Waals surface area contributed by atoms with Gasteiger partial charge in [-0.25, -0.2) is 22.9 Å². The van der Waals surface area contributed by atoms with Crippen LogP contribution in [0.4, 0.5) is 18.0 Å². The van der Waals surface area contributed by atoms with Crippen LogP contribution in [0, 0.1) is 17.5 Å². The lowest BCUT2D eigenvalue weighted by Gasteiger charge is -2.43. The molecule has 1 aliphatic heterocycles. The Labute approximate surface area is 213 Å². The Bertz CT molecular complexity index is 1370. The lowest BCUT2D eigenvalue weighted by molar-refractivity contribution is -0.0675. The fourth-order valence-electron chi connectivity index (χ4n) is 4.87. The Hall–Kier alpha value is -4.07. The molecule has 4 aromatic rings. The minimum absolute atomic E-state index is 0.292. The van der Waals surface area contributed by atoms with Gasteiger partial charge in [0.25, 0.3) is 0 Å². The molecule has 5 rings (SSSR count). The van der Waals surface area contributed by atoms with Crippen LogP contribution in [-0.4, -0.2) is 27.1 Å². The largest absolute Gasteiger partial charge is 0.438 e. The standard InChI is InChI=1S/C29H26F3N3O2/c1-20(21-2-4-22(5-3-21)26-11-10-25(31)18-27(26)32)35-16-13-29(37-28(35)36,12-15-34-17-14-33-19-34)23-6-8-24(30)9-7-23/h2-11,14,17-20H,12-13,15-16H2,1H3/t20-,29?/m0/s1. The van der Waals surface area contributed by atoms with Gasteiger partial charge in [0.15, 0.2) is 0 Å². The van der Waals surface area contributed by atoms with Gasteiger partial charge in [-0.15, -0.1) is 0 Å². The molecule has 0 radical (unpaired) electrons. The molecule has 1 aromatic heterocycles. The molecular weight excluding hydrogens is 479 g/mol. The van der Waals surface area contributed by atoms with Gasteiger partial charge in [-0.1, -0.05) is 36.4 Å². The minimum atomic E-state index is -0.894. The van der Waals surface area contributed by atoms with E-state index in [0.717, 1.165) is 17.2 Å². The molecule has 2 heterocycles. The van der Waals surface area contributed by atoms with Crippen molar-refractivity contribution in [3.63, 3.8) is 0 Å². The molecule has 1 saturated heterocycles. The zero-order chi connectivity index (χ0) is 26.0. The summed E-state index contributed by atoms with van der Waals surface area (Å²) in [6.07, 6.45) is 5.83. The zero-order valence-corrected chi connectivity index (χ0v) is 20.3. The number of ether oxygens (including phenoxy) is 1. The van der Waals surface area contributed by atoms with Crippen LogP contribution < -0.4 is 0 Å². The third kappa shape index (κ3) is 5.09. The molecule has 1 unspecified atom stereocenters. The third-order valence-corrected chi connectivity index (χ3v) is 7.08. The highest BCUT2D eigenvalue weighted by Gasteiger charge is 2.43. The smallest absolute Gasteiger partial charge is 0.411 e. The SMILES string of the molecule is C[C@@H](c1ccc(-c2ccc(F)cc2F)cc1)N1CCC(CCn2ccnc2)(c2ccc(F)cc2)OC1=O. The number of carbonyl (C=O) groups is 1. The van der Waals surface area contributed by atoms with Crippen molar-refractivity contribution in [1.82, 2.24) is 14.5 Å². The van der Waals surface area contributed by atoms with Crippen LogP contribution in [0.3, 0.4) is 0 Å². The van der Waals surface area contributed by atoms with Crippen molar-refractivity contribution in [1.29, 1.82) is 0 Å². The van der Waals surface area contributed by atoms with E-state index >= 15 is 0 Å². The quantitative estimate of drug-likeness (QED) is 0.276. The summed E-state index contributed by atoms with van der Waals surface area (Å²) >= 11 is 0. The molecule has 190 valence electrons. The molecule has 2 atom stereocenters. The number of aromatic nitrogens is 2. The van der Waals surface area contributed by atoms with Gasteiger partial charge in [-0.3, -0.25) is 0 Å². The second-order valence-corrected chi connectivity index (χ2v) is 9.29. The number of hydrogen-bond acceptors (Lipinski definition) is 3. The van der Waals surface area contributed by atoms with E-state index in [-0.39, 0.29) is 11.9 Å². The van der Waals surface area contributed by atoms with E-state index in [1.807, 2.05) is 29.8 Å². The molecule has 1 amide bonds. The van der Waals surface area contributed by atoms with Gasteiger partial charge in [-0.05, 0) is 47.9 Å². The number of imidazole rings is 1. The number of nitrogens with zero attached hydrogens (tertiary/aromatic N) is 3. The molecular formula is C29H26F3N3O2. The molecule has 0 aliphatic carbocycles. The molecule has 0 spiro atoms. The van der Waals surface area contributed by atoms with E-state index in [9.17, 15) is 18.0 Å². The predicted molar refractivity (Wildman–Crippen MR) is 133 cm³/mol. The highest BCUT2D eigenvalue weighted by atomic mass is 19.1. The zero-order valence-electron chi connectivity index (χ0n) is 20.3. The summed E-state index contributed by atoms with van der Waals surface area (Å²) in [5.41, 5.74) is 1.63. The van der Waals surface area contributed by atoms with Crippen LogP contribution in [0.5, 0.6) is 0 Å². The number of cyclic esters (lactones) is 1. The van der Waals surface area contributed by atoms with E-state index in [1.165, 1.54) is 24.3 Å². The summed E-state index contributed by atoms with van der Waals surface area (Å²) in [5.74, 6) is -1.61. The Balaban J connectivity index is 1.34. The van der Waals surface area contributed by atoms with Crippen LogP contribution in [0.25, 0.3) is 11.1 Å². The maximum absolute atomic E-state index is 14.2. The van der Waals surface area contributed by atoms with E-state index < -0.39 is 23.3 Å². The Morgan fingerprint density at radius 2 is 1.73 bits per heavy atom. The number of benzene rings is 3. The lowest BCUT2D eigenvalue weighted by Crippen LogP contribution is -2.49. The second kappa shape index (κ2) is 10.1. The highest BCUT2D eigenvalue weighted by molar-refractivity contribution is 5.70. The molecule has 1 aliphatic rings. The number of carbonyl (C=O) groups excluding carboxylic acids is 1. The van der Waals surface area contributed by atoms with Gasteiger partial charge >= 0.3 is 6.09 Å². The average molecular weight is 506 g/mol. The van der Waals surface area contributed by atoms with Crippen LogP contribution in [0.2, 0.25) is 0 Å². The van der Waals surface area contributed by atoms with Gasteiger partial charge in [0.05, 0.1) is 12.4 Å². The van der Waals surface area contributed by atoms with Crippen LogP contribution in [-0.2, 0) is 16.9 Å². The number of halogens is 3. The highest BCUT2D eigenvalue weighted by Crippen LogP contribution is 2.40. The van der Waals surface area contributed by atoms with Crippen molar-refractivity contribution in [2.75, 3.05) is 6.54 Å². The summed E-state index contributed by atoms with van der Waals surface area (Å²) in [6.45, 7) is 2.93. The first kappa shape index (κ1) is 24.6. The summed E-state index contributed by atoms with van der Waals surface area (Å²) in [4.78, 5) is 19.0.